The largest absolute Gasteiger partial charge is 0.457 e. The molecule has 0 amide bonds. The first kappa shape index (κ1) is 15.5. The molecule has 0 heterocycles. The van der Waals surface area contributed by atoms with Crippen molar-refractivity contribution in [3.05, 3.63) is 60.2 Å². The third kappa shape index (κ3) is 4.92. The lowest BCUT2D eigenvalue weighted by molar-refractivity contribution is -0.137. The third-order valence-corrected chi connectivity index (χ3v) is 2.16. The summed E-state index contributed by atoms with van der Waals surface area (Å²) in [7, 11) is 2.42. The molecule has 1 unspecified atom stereocenters. The Bertz CT molecular complexity index is 480. The molecule has 0 aromatic heterocycles. The Hall–Kier alpha value is -1.54. The normalized spacial score (nSPS) is 10.4. The van der Waals surface area contributed by atoms with Crippen molar-refractivity contribution in [1.29, 1.82) is 0 Å². The van der Waals surface area contributed by atoms with Gasteiger partial charge < -0.3 is 4.74 Å². The molecule has 2 aromatic rings. The van der Waals surface area contributed by atoms with Crippen molar-refractivity contribution in [2.24, 2.45) is 0 Å². The van der Waals surface area contributed by atoms with Crippen LogP contribution in [0, 0.1) is 0 Å². The Morgan fingerprint density at radius 2 is 1.26 bits per heavy atom. The molecular weight excluding hydrogens is 272 g/mol. The summed E-state index contributed by atoms with van der Waals surface area (Å²) in [6.45, 7) is 1.92. The van der Waals surface area contributed by atoms with Gasteiger partial charge in [-0.3, -0.25) is 0 Å². The van der Waals surface area contributed by atoms with Crippen LogP contribution in [0.1, 0.15) is 5.56 Å². The van der Waals surface area contributed by atoms with Crippen molar-refractivity contribution in [2.75, 3.05) is 6.66 Å². The van der Waals surface area contributed by atoms with E-state index in [1.54, 1.807) is 24.3 Å². The van der Waals surface area contributed by atoms with E-state index in [0.717, 1.165) is 12.1 Å². The molecule has 1 atom stereocenters. The molecule has 0 aliphatic heterocycles. The zero-order chi connectivity index (χ0) is 14.3. The van der Waals surface area contributed by atoms with Gasteiger partial charge in [0.05, 0.1) is 5.56 Å². The highest BCUT2D eigenvalue weighted by Crippen LogP contribution is 2.31. The van der Waals surface area contributed by atoms with Crippen LogP contribution in [-0.2, 0) is 6.18 Å². The van der Waals surface area contributed by atoms with Gasteiger partial charge in [0.25, 0.3) is 0 Å². The molecule has 1 nitrogen and oxygen atoms in total. The van der Waals surface area contributed by atoms with Gasteiger partial charge in [0.1, 0.15) is 11.5 Å². The van der Waals surface area contributed by atoms with E-state index in [1.807, 2.05) is 12.7 Å². The summed E-state index contributed by atoms with van der Waals surface area (Å²) in [4.78, 5) is 0. The van der Waals surface area contributed by atoms with Gasteiger partial charge in [0.15, 0.2) is 0 Å². The fourth-order valence-corrected chi connectivity index (χ4v) is 1.34. The molecule has 0 aliphatic carbocycles. The molecule has 19 heavy (non-hydrogen) atoms. The zero-order valence-electron chi connectivity index (χ0n) is 10.3. The summed E-state index contributed by atoms with van der Waals surface area (Å²) in [6, 6.07) is 13.5. The van der Waals surface area contributed by atoms with Crippen molar-refractivity contribution in [3.63, 3.8) is 0 Å². The quantitative estimate of drug-likeness (QED) is 0.707. The molecule has 5 heteroatoms. The number of alkyl halides is 3. The summed E-state index contributed by atoms with van der Waals surface area (Å²) >= 11 is 0. The van der Waals surface area contributed by atoms with Gasteiger partial charge in [-0.05, 0) is 36.4 Å². The minimum absolute atomic E-state index is 0.379. The average Bonchev–Trinajstić information content (AvgIpc) is 2.42. The van der Waals surface area contributed by atoms with Crippen molar-refractivity contribution in [2.45, 2.75) is 6.18 Å². The molecule has 0 spiro atoms. The van der Waals surface area contributed by atoms with Crippen LogP contribution >= 0.6 is 9.24 Å². The lowest BCUT2D eigenvalue weighted by atomic mass is 10.2. The Kier molecular flexibility index (Phi) is 5.84. The van der Waals surface area contributed by atoms with Gasteiger partial charge in [0, 0.05) is 0 Å². The Morgan fingerprint density at radius 1 is 0.789 bits per heavy atom. The van der Waals surface area contributed by atoms with E-state index in [0.29, 0.717) is 11.5 Å². The van der Waals surface area contributed by atoms with Crippen LogP contribution in [0.4, 0.5) is 13.2 Å². The monoisotopic (exact) mass is 286 g/mol. The van der Waals surface area contributed by atoms with E-state index >= 15 is 0 Å². The predicted molar refractivity (Wildman–Crippen MR) is 73.6 cm³/mol. The fraction of sp³-hybridized carbons (Fsp3) is 0.143. The van der Waals surface area contributed by atoms with Gasteiger partial charge >= 0.3 is 6.18 Å². The van der Waals surface area contributed by atoms with E-state index in [1.165, 1.54) is 12.1 Å². The molecule has 2 aromatic carbocycles. The van der Waals surface area contributed by atoms with Crippen LogP contribution in [0.5, 0.6) is 11.5 Å². The molecule has 0 N–H and O–H groups in total. The first-order chi connectivity index (χ1) is 9.05. The van der Waals surface area contributed by atoms with E-state index in [-0.39, 0.29) is 0 Å². The molecule has 0 radical (unpaired) electrons. The molecule has 0 saturated carbocycles. The smallest absolute Gasteiger partial charge is 0.416 e. The van der Waals surface area contributed by atoms with Crippen LogP contribution in [0.25, 0.3) is 0 Å². The van der Waals surface area contributed by atoms with Gasteiger partial charge in [-0.15, -0.1) is 9.24 Å². The predicted octanol–water partition coefficient (Wildman–Crippen LogP) is 4.99. The lowest BCUT2D eigenvalue weighted by Crippen LogP contribution is -2.03. The highest BCUT2D eigenvalue weighted by atomic mass is 31.0. The summed E-state index contributed by atoms with van der Waals surface area (Å²) in [6.07, 6.45) is -4.31. The second kappa shape index (κ2) is 7.15. The number of para-hydroxylation sites is 1. The summed E-state index contributed by atoms with van der Waals surface area (Å²) in [5.74, 6) is 0.969. The van der Waals surface area contributed by atoms with E-state index < -0.39 is 11.7 Å². The molecular formula is C14H14F3OP. The fourth-order valence-electron chi connectivity index (χ4n) is 1.34. The minimum atomic E-state index is -4.31. The molecule has 2 rings (SSSR count). The zero-order valence-corrected chi connectivity index (χ0v) is 11.5. The Labute approximate surface area is 112 Å². The number of hydrogen-bond donors (Lipinski definition) is 0. The minimum Gasteiger partial charge on any atom is -0.457 e. The molecule has 0 aliphatic rings. The number of ether oxygens (including phenoxy) is 1. The average molecular weight is 286 g/mol. The SMILES string of the molecule is CP.FC(F)(F)c1ccc(Oc2ccccc2)cc1. The lowest BCUT2D eigenvalue weighted by Gasteiger charge is -2.08. The van der Waals surface area contributed by atoms with E-state index in [9.17, 15) is 13.2 Å². The number of rotatable bonds is 2. The highest BCUT2D eigenvalue weighted by Gasteiger charge is 2.29. The maximum absolute atomic E-state index is 12.3. The number of hydrogen-bond acceptors (Lipinski definition) is 1. The number of benzene rings is 2. The maximum Gasteiger partial charge on any atom is 0.416 e. The summed E-state index contributed by atoms with van der Waals surface area (Å²) < 4.78 is 42.3. The topological polar surface area (TPSA) is 9.23 Å². The van der Waals surface area contributed by atoms with E-state index in [4.69, 9.17) is 4.74 Å². The van der Waals surface area contributed by atoms with Gasteiger partial charge in [-0.1, -0.05) is 24.9 Å². The van der Waals surface area contributed by atoms with E-state index in [2.05, 4.69) is 9.24 Å². The Balaban J connectivity index is 0.000000861. The van der Waals surface area contributed by atoms with Crippen molar-refractivity contribution in [1.82, 2.24) is 0 Å². The second-order valence-electron chi connectivity index (χ2n) is 3.44. The van der Waals surface area contributed by atoms with Gasteiger partial charge in [-0.2, -0.15) is 13.2 Å². The first-order valence-corrected chi connectivity index (χ1v) is 6.69. The standard InChI is InChI=1S/C13H9F3O.CH5P/c14-13(15,16)10-6-8-12(9-7-10)17-11-4-2-1-3-5-11;1-2/h1-9H;2H2,1H3. The first-order valence-electron chi connectivity index (χ1n) is 5.53. The summed E-state index contributed by atoms with van der Waals surface area (Å²) in [5, 5.41) is 0. The van der Waals surface area contributed by atoms with Crippen LogP contribution in [0.3, 0.4) is 0 Å². The van der Waals surface area contributed by atoms with Gasteiger partial charge in [0.2, 0.25) is 0 Å². The van der Waals surface area contributed by atoms with Crippen LogP contribution in [-0.4, -0.2) is 6.66 Å². The van der Waals surface area contributed by atoms with Crippen LogP contribution < -0.4 is 4.74 Å². The van der Waals surface area contributed by atoms with Crippen molar-refractivity contribution < 1.29 is 17.9 Å². The van der Waals surface area contributed by atoms with Crippen LogP contribution in [0.15, 0.2) is 54.6 Å². The highest BCUT2D eigenvalue weighted by molar-refractivity contribution is 7.15. The summed E-state index contributed by atoms with van der Waals surface area (Å²) in [5.41, 5.74) is -0.682. The molecule has 0 fully saturated rings. The maximum atomic E-state index is 12.3. The van der Waals surface area contributed by atoms with Gasteiger partial charge in [-0.25, -0.2) is 0 Å². The molecule has 0 bridgehead atoms. The third-order valence-electron chi connectivity index (χ3n) is 2.16. The van der Waals surface area contributed by atoms with Crippen LogP contribution in [0.2, 0.25) is 0 Å². The molecule has 102 valence electrons. The second-order valence-corrected chi connectivity index (χ2v) is 3.44. The molecule has 0 saturated heterocycles. The Morgan fingerprint density at radius 3 is 1.74 bits per heavy atom. The van der Waals surface area contributed by atoms with Crippen molar-refractivity contribution in [3.8, 4) is 11.5 Å². The number of halogens is 3. The van der Waals surface area contributed by atoms with Crippen molar-refractivity contribution >= 4 is 9.24 Å².